The fourth-order valence-electron chi connectivity index (χ4n) is 5.47. The molecule has 0 amide bonds. The topological polar surface area (TPSA) is 81.3 Å². The standard InChI is InChI=1S/C28H21F5N4O3/c29-19-4-2-6-21-18(19)12-16-14-35(9-10-36(16)21)27-34-26-17(3-1-5-20(26)30)22(13-25(39)40)37(27)23-11-15(28(31,32)33)7-8-24(23)38/h1-8,11-12,22,38H,9-10,13-14H2,(H,39,40). The van der Waals surface area contributed by atoms with E-state index < -0.39 is 47.6 Å². The van der Waals surface area contributed by atoms with Crippen LogP contribution in [-0.2, 0) is 24.1 Å². The lowest BCUT2D eigenvalue weighted by atomic mass is 9.96. The molecule has 0 radical (unpaired) electrons. The van der Waals surface area contributed by atoms with Gasteiger partial charge in [-0.15, -0.1) is 0 Å². The number of aromatic hydroxyl groups is 1. The van der Waals surface area contributed by atoms with Crippen LogP contribution in [0.5, 0.6) is 5.75 Å². The van der Waals surface area contributed by atoms with Crippen LogP contribution in [-0.4, -0.2) is 38.2 Å². The van der Waals surface area contributed by atoms with Gasteiger partial charge >= 0.3 is 12.1 Å². The first kappa shape index (κ1) is 25.7. The monoisotopic (exact) mass is 556 g/mol. The van der Waals surface area contributed by atoms with Crippen molar-refractivity contribution in [1.29, 1.82) is 0 Å². The van der Waals surface area contributed by atoms with Gasteiger partial charge in [0, 0.05) is 29.7 Å². The van der Waals surface area contributed by atoms with E-state index in [4.69, 9.17) is 0 Å². The Labute approximate surface area is 224 Å². The second kappa shape index (κ2) is 9.25. The van der Waals surface area contributed by atoms with Gasteiger partial charge in [-0.05, 0) is 42.5 Å². The number of aliphatic imine (C=N–C) groups is 1. The number of guanidine groups is 1. The van der Waals surface area contributed by atoms with Crippen molar-refractivity contribution in [2.24, 2.45) is 4.99 Å². The molecular formula is C28H21F5N4O3. The molecule has 0 saturated heterocycles. The van der Waals surface area contributed by atoms with Gasteiger partial charge in [0.2, 0.25) is 5.96 Å². The number of phenolic OH excluding ortho intramolecular Hbond substituents is 1. The largest absolute Gasteiger partial charge is 0.506 e. The zero-order valence-electron chi connectivity index (χ0n) is 20.7. The van der Waals surface area contributed by atoms with Gasteiger partial charge in [-0.2, -0.15) is 13.2 Å². The fraction of sp³-hybridized carbons (Fsp3) is 0.214. The van der Waals surface area contributed by atoms with E-state index >= 15 is 4.39 Å². The third kappa shape index (κ3) is 4.19. The van der Waals surface area contributed by atoms with E-state index in [2.05, 4.69) is 4.99 Å². The molecule has 2 aliphatic rings. The maximum absolute atomic E-state index is 15.0. The number of alkyl halides is 3. The van der Waals surface area contributed by atoms with E-state index in [1.165, 1.54) is 23.1 Å². The molecule has 1 unspecified atom stereocenters. The van der Waals surface area contributed by atoms with Crippen LogP contribution >= 0.6 is 0 Å². The maximum Gasteiger partial charge on any atom is 0.416 e. The summed E-state index contributed by atoms with van der Waals surface area (Å²) in [5, 5.41) is 20.9. The van der Waals surface area contributed by atoms with Crippen molar-refractivity contribution >= 4 is 34.2 Å². The van der Waals surface area contributed by atoms with Crippen molar-refractivity contribution in [1.82, 2.24) is 9.47 Å². The zero-order chi connectivity index (χ0) is 28.3. The molecule has 3 heterocycles. The van der Waals surface area contributed by atoms with E-state index in [1.54, 1.807) is 23.1 Å². The third-order valence-corrected chi connectivity index (χ3v) is 7.25. The number of carboxylic acids is 1. The highest BCUT2D eigenvalue weighted by Crippen LogP contribution is 2.46. The molecule has 0 spiro atoms. The van der Waals surface area contributed by atoms with E-state index in [0.717, 1.165) is 18.2 Å². The molecule has 0 aliphatic carbocycles. The number of rotatable bonds is 3. The van der Waals surface area contributed by atoms with E-state index in [0.29, 0.717) is 29.2 Å². The van der Waals surface area contributed by atoms with Gasteiger partial charge < -0.3 is 24.6 Å². The SMILES string of the molecule is O=C(O)CC1c2cccc(F)c2N=C(N2CCn3c(cc4c(F)cccc43)C2)N1c1cc(C(F)(F)F)ccc1O. The van der Waals surface area contributed by atoms with E-state index in [9.17, 15) is 32.6 Å². The Bertz CT molecular complexity index is 1700. The molecule has 0 bridgehead atoms. The van der Waals surface area contributed by atoms with Crippen LogP contribution in [0, 0.1) is 11.6 Å². The van der Waals surface area contributed by atoms with Crippen LogP contribution in [0.15, 0.2) is 65.7 Å². The molecule has 7 nitrogen and oxygen atoms in total. The van der Waals surface area contributed by atoms with Crippen LogP contribution in [0.1, 0.15) is 29.3 Å². The predicted octanol–water partition coefficient (Wildman–Crippen LogP) is 6.18. The number of carboxylic acid groups (broad SMARTS) is 1. The lowest BCUT2D eigenvalue weighted by Crippen LogP contribution is -2.50. The van der Waals surface area contributed by atoms with Gasteiger partial charge in [0.25, 0.3) is 0 Å². The normalized spacial score (nSPS) is 17.0. The molecule has 0 fully saturated rings. The number of benzene rings is 3. The third-order valence-electron chi connectivity index (χ3n) is 7.25. The first-order valence-corrected chi connectivity index (χ1v) is 12.3. The Balaban J connectivity index is 1.54. The molecule has 1 atom stereocenters. The number of aromatic nitrogens is 1. The van der Waals surface area contributed by atoms with Gasteiger partial charge in [-0.3, -0.25) is 4.79 Å². The lowest BCUT2D eigenvalue weighted by molar-refractivity contribution is -0.138. The summed E-state index contributed by atoms with van der Waals surface area (Å²) in [5.74, 6) is -2.99. The molecule has 2 aliphatic heterocycles. The molecule has 206 valence electrons. The summed E-state index contributed by atoms with van der Waals surface area (Å²) in [5.41, 5.74) is -0.0242. The number of anilines is 1. The number of carbonyl (C=O) groups is 1. The Hall–Kier alpha value is -4.61. The number of halogens is 5. The first-order valence-electron chi connectivity index (χ1n) is 12.3. The molecular weight excluding hydrogens is 535 g/mol. The Morgan fingerprint density at radius 1 is 1.00 bits per heavy atom. The zero-order valence-corrected chi connectivity index (χ0v) is 20.7. The average molecular weight is 556 g/mol. The average Bonchev–Trinajstić information content (AvgIpc) is 3.28. The van der Waals surface area contributed by atoms with Crippen LogP contribution in [0.3, 0.4) is 0 Å². The van der Waals surface area contributed by atoms with Gasteiger partial charge in [0.05, 0.1) is 35.8 Å². The fourth-order valence-corrected chi connectivity index (χ4v) is 5.47. The molecule has 2 N–H and O–H groups in total. The molecule has 1 aromatic heterocycles. The minimum atomic E-state index is -4.75. The number of fused-ring (bicyclic) bond motifs is 4. The molecule has 0 saturated carbocycles. The molecule has 3 aromatic carbocycles. The Morgan fingerprint density at radius 2 is 1.75 bits per heavy atom. The van der Waals surface area contributed by atoms with Gasteiger partial charge in [-0.1, -0.05) is 18.2 Å². The minimum Gasteiger partial charge on any atom is -0.506 e. The number of para-hydroxylation sites is 1. The van der Waals surface area contributed by atoms with Crippen molar-refractivity contribution in [3.8, 4) is 5.75 Å². The van der Waals surface area contributed by atoms with Gasteiger partial charge in [0.1, 0.15) is 23.1 Å². The van der Waals surface area contributed by atoms with Gasteiger partial charge in [0.15, 0.2) is 0 Å². The summed E-state index contributed by atoms with van der Waals surface area (Å²) < 4.78 is 72.5. The van der Waals surface area contributed by atoms with E-state index in [1.807, 2.05) is 4.57 Å². The molecule has 4 aromatic rings. The number of hydrogen-bond donors (Lipinski definition) is 2. The van der Waals surface area contributed by atoms with Crippen LogP contribution < -0.4 is 4.90 Å². The van der Waals surface area contributed by atoms with Crippen molar-refractivity contribution in [2.45, 2.75) is 31.7 Å². The molecule has 6 rings (SSSR count). The molecule has 12 heteroatoms. The van der Waals surface area contributed by atoms with Crippen LogP contribution in [0.4, 0.5) is 33.3 Å². The Kier molecular flexibility index (Phi) is 5.93. The summed E-state index contributed by atoms with van der Waals surface area (Å²) >= 11 is 0. The van der Waals surface area contributed by atoms with Crippen molar-refractivity contribution in [3.63, 3.8) is 0 Å². The summed E-state index contributed by atoms with van der Waals surface area (Å²) in [4.78, 5) is 19.3. The number of aliphatic carboxylic acids is 1. The summed E-state index contributed by atoms with van der Waals surface area (Å²) in [6.07, 6.45) is -5.37. The second-order valence-electron chi connectivity index (χ2n) is 9.66. The van der Waals surface area contributed by atoms with Crippen molar-refractivity contribution in [2.75, 3.05) is 11.4 Å². The highest BCUT2D eigenvalue weighted by molar-refractivity contribution is 6.02. The van der Waals surface area contributed by atoms with Gasteiger partial charge in [-0.25, -0.2) is 13.8 Å². The first-order chi connectivity index (χ1) is 19.0. The summed E-state index contributed by atoms with van der Waals surface area (Å²) in [6.45, 7) is 0.704. The number of hydrogen-bond acceptors (Lipinski definition) is 5. The lowest BCUT2D eigenvalue weighted by Gasteiger charge is -2.43. The summed E-state index contributed by atoms with van der Waals surface area (Å²) in [7, 11) is 0. The minimum absolute atomic E-state index is 0.0320. The Morgan fingerprint density at radius 3 is 2.50 bits per heavy atom. The highest BCUT2D eigenvalue weighted by atomic mass is 19.4. The van der Waals surface area contributed by atoms with E-state index in [-0.39, 0.29) is 36.0 Å². The quantitative estimate of drug-likeness (QED) is 0.295. The van der Waals surface area contributed by atoms with Crippen molar-refractivity contribution in [3.05, 3.63) is 89.1 Å². The summed E-state index contributed by atoms with van der Waals surface area (Å²) in [6, 6.07) is 11.5. The smallest absolute Gasteiger partial charge is 0.416 e. The van der Waals surface area contributed by atoms with Crippen LogP contribution in [0.2, 0.25) is 0 Å². The maximum atomic E-state index is 15.0. The number of nitrogens with zero attached hydrogens (tertiary/aromatic N) is 4. The van der Waals surface area contributed by atoms with Crippen LogP contribution in [0.25, 0.3) is 10.9 Å². The second-order valence-corrected chi connectivity index (χ2v) is 9.66. The number of phenols is 1. The molecule has 40 heavy (non-hydrogen) atoms. The highest BCUT2D eigenvalue weighted by Gasteiger charge is 2.40. The van der Waals surface area contributed by atoms with Crippen molar-refractivity contribution < 1.29 is 37.0 Å². The predicted molar refractivity (Wildman–Crippen MR) is 136 cm³/mol.